The Balaban J connectivity index is 2.24. The minimum Gasteiger partial charge on any atom is -0.394 e. The zero-order chi connectivity index (χ0) is 23.3. The summed E-state index contributed by atoms with van der Waals surface area (Å²) in [6, 6.07) is -2.93. The first kappa shape index (κ1) is 24.2. The number of rotatable bonds is 8. The van der Waals surface area contributed by atoms with E-state index in [1.165, 1.54) is 7.05 Å². The van der Waals surface area contributed by atoms with Crippen molar-refractivity contribution in [1.29, 1.82) is 0 Å². The van der Waals surface area contributed by atoms with E-state index in [2.05, 4.69) is 25.9 Å². The molecule has 1 aromatic rings. The number of amides is 3. The third-order valence-electron chi connectivity index (χ3n) is 4.59. The molecule has 1 fully saturated rings. The normalized spacial score (nSPS) is 26.6. The minimum absolute atomic E-state index is 0.0188. The van der Waals surface area contributed by atoms with Gasteiger partial charge in [-0.25, -0.2) is 9.78 Å². The fourth-order valence-electron chi connectivity index (χ4n) is 3.07. The number of aliphatic hydroxyl groups is 3. The summed E-state index contributed by atoms with van der Waals surface area (Å²) < 4.78 is 5.48. The van der Waals surface area contributed by atoms with Crippen molar-refractivity contribution in [2.75, 3.05) is 25.9 Å². The number of H-pyrrole nitrogens is 1. The Hall–Kier alpha value is -3.11. The second-order valence-corrected chi connectivity index (χ2v) is 6.79. The van der Waals surface area contributed by atoms with Gasteiger partial charge < -0.3 is 47.5 Å². The molecule has 1 aliphatic heterocycles. The van der Waals surface area contributed by atoms with Crippen molar-refractivity contribution in [2.24, 2.45) is 5.73 Å². The van der Waals surface area contributed by atoms with Gasteiger partial charge in [0.05, 0.1) is 19.2 Å². The highest BCUT2D eigenvalue weighted by Gasteiger charge is 2.49. The van der Waals surface area contributed by atoms with Crippen molar-refractivity contribution in [3.05, 3.63) is 22.2 Å². The Kier molecular flexibility index (Phi) is 8.01. The molecule has 11 N–H and O–H groups in total. The number of ether oxygens (including phenoxy) is 1. The molecular weight excluding hydrogens is 418 g/mol. The van der Waals surface area contributed by atoms with Crippen LogP contribution in [0.5, 0.6) is 0 Å². The second-order valence-electron chi connectivity index (χ2n) is 6.79. The summed E-state index contributed by atoms with van der Waals surface area (Å²) in [6.07, 6.45) is -5.54. The molecule has 1 aliphatic rings. The molecule has 0 spiro atoms. The minimum atomic E-state index is -1.78. The van der Waals surface area contributed by atoms with E-state index in [4.69, 9.17) is 16.2 Å². The monoisotopic (exact) mass is 443 g/mol. The lowest BCUT2D eigenvalue weighted by molar-refractivity contribution is -0.192. The number of hydrogen-bond donors (Lipinski definition) is 9. The molecule has 0 aromatic carbocycles. The molecular formula is C16H25N7O8. The van der Waals surface area contributed by atoms with Gasteiger partial charge in [-0.05, 0) is 7.05 Å². The Morgan fingerprint density at radius 2 is 2.00 bits per heavy atom. The first-order chi connectivity index (χ1) is 14.6. The summed E-state index contributed by atoms with van der Waals surface area (Å²) in [5.41, 5.74) is 10.2. The summed E-state index contributed by atoms with van der Waals surface area (Å²) in [5.74, 6) is -2.85. The highest BCUT2D eigenvalue weighted by molar-refractivity contribution is 5.89. The lowest BCUT2D eigenvalue weighted by Crippen LogP contribution is -2.66. The van der Waals surface area contributed by atoms with Gasteiger partial charge in [-0.1, -0.05) is 0 Å². The van der Waals surface area contributed by atoms with Crippen LogP contribution in [0.15, 0.2) is 11.0 Å². The highest BCUT2D eigenvalue weighted by atomic mass is 16.5. The molecule has 0 unspecified atom stereocenters. The maximum atomic E-state index is 12.5. The van der Waals surface area contributed by atoms with Gasteiger partial charge >= 0.3 is 5.69 Å². The van der Waals surface area contributed by atoms with Crippen molar-refractivity contribution in [2.45, 2.75) is 36.5 Å². The van der Waals surface area contributed by atoms with E-state index < -0.39 is 66.5 Å². The summed E-state index contributed by atoms with van der Waals surface area (Å²) in [5, 5.41) is 37.5. The molecule has 0 radical (unpaired) electrons. The first-order valence-corrected chi connectivity index (χ1v) is 9.11. The number of aliphatic hydroxyl groups excluding tert-OH is 3. The van der Waals surface area contributed by atoms with E-state index in [9.17, 15) is 34.5 Å². The standard InChI is InChI=1S/C16H25N7O8/c1-19-3-7(25)21-6(4-24)15(29)22-8-9(26)10(27)11(31-12(8)14(18)28)5-2-20-16(30)23-13(5)17/h2,6,8-12,19,24,26-27H,3-4H2,1H3,(H2,18,28)(H,21,25)(H,22,29)(H3,17,20,23,30)/t6-,8+,9+,10-,11-,12+/m1/s1. The van der Waals surface area contributed by atoms with Gasteiger partial charge in [0.25, 0.3) is 0 Å². The van der Waals surface area contributed by atoms with Crippen molar-refractivity contribution in [1.82, 2.24) is 25.9 Å². The molecule has 15 heteroatoms. The maximum absolute atomic E-state index is 12.5. The number of primary amides is 1. The SMILES string of the molecule is CNCC(=O)N[C@H](CO)C(=O)N[C@H]1[C@H](O)[C@@H](O)[C@@H](c2cnc(=O)[nH]c2N)O[C@@H]1C(N)=O. The Morgan fingerprint density at radius 1 is 1.32 bits per heavy atom. The Morgan fingerprint density at radius 3 is 2.55 bits per heavy atom. The second kappa shape index (κ2) is 10.3. The van der Waals surface area contributed by atoms with Crippen LogP contribution in [0.3, 0.4) is 0 Å². The Bertz CT molecular complexity index is 878. The van der Waals surface area contributed by atoms with E-state index >= 15 is 0 Å². The van der Waals surface area contributed by atoms with Gasteiger partial charge in [0, 0.05) is 11.8 Å². The number of nitrogens with zero attached hydrogens (tertiary/aromatic N) is 1. The molecule has 2 heterocycles. The van der Waals surface area contributed by atoms with E-state index in [0.29, 0.717) is 0 Å². The quantitative estimate of drug-likeness (QED) is 0.183. The zero-order valence-corrected chi connectivity index (χ0v) is 16.4. The summed E-state index contributed by atoms with van der Waals surface area (Å²) in [7, 11) is 1.50. The van der Waals surface area contributed by atoms with Crippen LogP contribution in [-0.4, -0.2) is 93.6 Å². The van der Waals surface area contributed by atoms with Crippen LogP contribution in [0.2, 0.25) is 0 Å². The van der Waals surface area contributed by atoms with Gasteiger partial charge in [0.2, 0.25) is 17.7 Å². The Labute approximate surface area is 175 Å². The zero-order valence-electron chi connectivity index (χ0n) is 16.4. The van der Waals surface area contributed by atoms with Crippen molar-refractivity contribution in [3.63, 3.8) is 0 Å². The number of hydrogen-bond acceptors (Lipinski definition) is 11. The van der Waals surface area contributed by atoms with Crippen LogP contribution in [0, 0.1) is 0 Å². The number of likely N-dealkylation sites (N-methyl/N-ethyl adjacent to an activating group) is 1. The van der Waals surface area contributed by atoms with E-state index in [-0.39, 0.29) is 17.9 Å². The van der Waals surface area contributed by atoms with Crippen LogP contribution in [-0.2, 0) is 19.1 Å². The van der Waals surface area contributed by atoms with Gasteiger partial charge in [-0.15, -0.1) is 0 Å². The predicted octanol–water partition coefficient (Wildman–Crippen LogP) is -5.82. The molecule has 0 bridgehead atoms. The molecule has 6 atom stereocenters. The maximum Gasteiger partial charge on any atom is 0.346 e. The molecule has 0 aliphatic carbocycles. The number of aromatic amines is 1. The molecule has 2 rings (SSSR count). The highest BCUT2D eigenvalue weighted by Crippen LogP contribution is 2.33. The van der Waals surface area contributed by atoms with Crippen molar-refractivity contribution < 1.29 is 34.4 Å². The predicted molar refractivity (Wildman–Crippen MR) is 103 cm³/mol. The van der Waals surface area contributed by atoms with Gasteiger partial charge in [-0.3, -0.25) is 19.4 Å². The molecule has 1 saturated heterocycles. The summed E-state index contributed by atoms with van der Waals surface area (Å²) in [4.78, 5) is 53.0. The van der Waals surface area contributed by atoms with Gasteiger partial charge in [0.1, 0.15) is 30.2 Å². The smallest absolute Gasteiger partial charge is 0.346 e. The summed E-state index contributed by atoms with van der Waals surface area (Å²) in [6.45, 7) is -0.908. The number of carbonyl (C=O) groups excluding carboxylic acids is 3. The average Bonchev–Trinajstić information content (AvgIpc) is 2.70. The third-order valence-corrected chi connectivity index (χ3v) is 4.59. The molecule has 1 aromatic heterocycles. The average molecular weight is 443 g/mol. The fraction of sp³-hybridized carbons (Fsp3) is 0.562. The van der Waals surface area contributed by atoms with Crippen molar-refractivity contribution >= 4 is 23.5 Å². The largest absolute Gasteiger partial charge is 0.394 e. The van der Waals surface area contributed by atoms with Gasteiger partial charge in [0.15, 0.2) is 6.10 Å². The van der Waals surface area contributed by atoms with Crippen LogP contribution in [0.25, 0.3) is 0 Å². The van der Waals surface area contributed by atoms with Crippen LogP contribution in [0.4, 0.5) is 5.82 Å². The number of anilines is 1. The topological polar surface area (TPSA) is 255 Å². The number of carbonyl (C=O) groups is 3. The third kappa shape index (κ3) is 5.53. The molecule has 172 valence electrons. The van der Waals surface area contributed by atoms with Crippen molar-refractivity contribution in [3.8, 4) is 0 Å². The molecule has 0 saturated carbocycles. The first-order valence-electron chi connectivity index (χ1n) is 9.11. The number of aromatic nitrogens is 2. The summed E-state index contributed by atoms with van der Waals surface area (Å²) >= 11 is 0. The number of nitrogen functional groups attached to an aromatic ring is 1. The molecule has 15 nitrogen and oxygen atoms in total. The van der Waals surface area contributed by atoms with E-state index in [1.807, 2.05) is 0 Å². The van der Waals surface area contributed by atoms with Gasteiger partial charge in [-0.2, -0.15) is 0 Å². The van der Waals surface area contributed by atoms with Crippen LogP contribution in [0.1, 0.15) is 11.7 Å². The molecule has 3 amide bonds. The lowest BCUT2D eigenvalue weighted by Gasteiger charge is -2.42. The van der Waals surface area contributed by atoms with Crippen LogP contribution < -0.4 is 33.1 Å². The number of nitrogens with two attached hydrogens (primary N) is 2. The lowest BCUT2D eigenvalue weighted by atomic mass is 9.89. The fourth-order valence-corrected chi connectivity index (χ4v) is 3.07. The van der Waals surface area contributed by atoms with Crippen LogP contribution >= 0.6 is 0 Å². The van der Waals surface area contributed by atoms with E-state index in [0.717, 1.165) is 6.20 Å². The van der Waals surface area contributed by atoms with E-state index in [1.54, 1.807) is 0 Å². The molecule has 31 heavy (non-hydrogen) atoms. The number of nitrogens with one attached hydrogen (secondary N) is 4.